The highest BCUT2D eigenvalue weighted by Crippen LogP contribution is 2.31. The highest BCUT2D eigenvalue weighted by molar-refractivity contribution is 7.91. The number of epoxide rings is 1. The third kappa shape index (κ3) is 9.60. The normalized spacial score (nSPS) is 23.3. The number of methoxy groups -OCH3 is 1. The van der Waals surface area contributed by atoms with E-state index in [4.69, 9.17) is 9.47 Å². The van der Waals surface area contributed by atoms with Gasteiger partial charge in [-0.05, 0) is 63.6 Å². The largest absolute Gasteiger partial charge is 0.497 e. The average molecular weight is 633 g/mol. The molecule has 1 aromatic carbocycles. The van der Waals surface area contributed by atoms with E-state index in [1.165, 1.54) is 6.92 Å². The zero-order valence-electron chi connectivity index (χ0n) is 25.7. The van der Waals surface area contributed by atoms with Crippen molar-refractivity contribution >= 4 is 33.3 Å². The molecular formula is C31H44N4O8S. The minimum Gasteiger partial charge on any atom is -0.497 e. The summed E-state index contributed by atoms with van der Waals surface area (Å²) in [6.45, 7) is 4.00. The third-order valence-electron chi connectivity index (χ3n) is 8.39. The van der Waals surface area contributed by atoms with Crippen LogP contribution < -0.4 is 20.7 Å². The second-order valence-electron chi connectivity index (χ2n) is 12.1. The van der Waals surface area contributed by atoms with Crippen LogP contribution in [0.2, 0.25) is 0 Å². The molecule has 44 heavy (non-hydrogen) atoms. The molecule has 1 aliphatic carbocycles. The lowest BCUT2D eigenvalue weighted by molar-refractivity contribution is -0.134. The summed E-state index contributed by atoms with van der Waals surface area (Å²) in [6, 6.07) is 4.30. The Morgan fingerprint density at radius 2 is 1.64 bits per heavy atom. The van der Waals surface area contributed by atoms with E-state index in [0.717, 1.165) is 36.8 Å². The topological polar surface area (TPSA) is 164 Å². The summed E-state index contributed by atoms with van der Waals surface area (Å²) in [7, 11) is -1.53. The van der Waals surface area contributed by atoms with Crippen LogP contribution in [-0.4, -0.2) is 105 Å². The lowest BCUT2D eigenvalue weighted by atomic mass is 9.89. The molecule has 2 fully saturated rings. The fourth-order valence-corrected chi connectivity index (χ4v) is 6.70. The Labute approximate surface area is 259 Å². The zero-order chi connectivity index (χ0) is 31.9. The van der Waals surface area contributed by atoms with Crippen molar-refractivity contribution in [1.29, 1.82) is 0 Å². The smallest absolute Gasteiger partial charge is 0.243 e. The number of carbonyl (C=O) groups excluding carboxylic acids is 4. The van der Waals surface area contributed by atoms with Crippen molar-refractivity contribution < 1.29 is 37.1 Å². The molecule has 0 aromatic heterocycles. The number of hydrogen-bond donors (Lipinski definition) is 3. The van der Waals surface area contributed by atoms with Gasteiger partial charge in [-0.3, -0.25) is 24.1 Å². The number of allylic oxidation sites excluding steroid dienone is 1. The molecule has 2 saturated heterocycles. The first-order valence-electron chi connectivity index (χ1n) is 15.2. The van der Waals surface area contributed by atoms with Crippen LogP contribution in [0.1, 0.15) is 51.5 Å². The molecule has 3 aliphatic rings. The summed E-state index contributed by atoms with van der Waals surface area (Å²) in [5.74, 6) is -1.07. The van der Waals surface area contributed by atoms with Gasteiger partial charge in [-0.15, -0.1) is 0 Å². The minimum atomic E-state index is -3.08. The SMILES string of the molecule is COc1ccc(CC(NC(=O)C(C)NC(=O)CN2CCS(=O)(=O)CC2)C(=O)NC(CC2=CCCCC2)C(=O)C2(C)CO2)cc1. The fraction of sp³-hybridized carbons (Fsp3) is 0.613. The van der Waals surface area contributed by atoms with Gasteiger partial charge >= 0.3 is 0 Å². The highest BCUT2D eigenvalue weighted by atomic mass is 32.2. The number of nitrogens with one attached hydrogen (secondary N) is 3. The summed E-state index contributed by atoms with van der Waals surface area (Å²) in [6.07, 6.45) is 6.60. The van der Waals surface area contributed by atoms with Crippen molar-refractivity contribution in [1.82, 2.24) is 20.9 Å². The maximum atomic E-state index is 13.8. The molecule has 2 heterocycles. The zero-order valence-corrected chi connectivity index (χ0v) is 26.5. The number of benzene rings is 1. The fourth-order valence-electron chi connectivity index (χ4n) is 5.42. The Morgan fingerprint density at radius 1 is 0.977 bits per heavy atom. The van der Waals surface area contributed by atoms with Crippen molar-refractivity contribution in [3.63, 3.8) is 0 Å². The van der Waals surface area contributed by atoms with Gasteiger partial charge in [-0.2, -0.15) is 0 Å². The number of sulfone groups is 1. The number of hydrogen-bond acceptors (Lipinski definition) is 9. The van der Waals surface area contributed by atoms with Gasteiger partial charge in [0, 0.05) is 19.5 Å². The maximum Gasteiger partial charge on any atom is 0.243 e. The number of ether oxygens (including phenoxy) is 2. The number of ketones is 1. The Morgan fingerprint density at radius 3 is 2.23 bits per heavy atom. The lowest BCUT2D eigenvalue weighted by Crippen LogP contribution is -2.57. The molecule has 0 bridgehead atoms. The second kappa shape index (κ2) is 14.7. The Hall–Kier alpha value is -3.29. The first-order valence-corrected chi connectivity index (χ1v) is 17.0. The summed E-state index contributed by atoms with van der Waals surface area (Å²) in [5, 5.41) is 8.32. The van der Waals surface area contributed by atoms with E-state index >= 15 is 0 Å². The van der Waals surface area contributed by atoms with Crippen molar-refractivity contribution in [2.24, 2.45) is 0 Å². The van der Waals surface area contributed by atoms with Gasteiger partial charge in [0.25, 0.3) is 0 Å². The first-order chi connectivity index (χ1) is 20.9. The predicted octanol–water partition coefficient (Wildman–Crippen LogP) is 0.691. The van der Waals surface area contributed by atoms with E-state index in [1.807, 2.05) is 0 Å². The number of rotatable bonds is 14. The van der Waals surface area contributed by atoms with Crippen LogP contribution in [-0.2, 0) is 40.2 Å². The van der Waals surface area contributed by atoms with Crippen molar-refractivity contribution in [2.45, 2.75) is 76.1 Å². The van der Waals surface area contributed by atoms with Gasteiger partial charge in [0.1, 0.15) is 23.4 Å². The standard InChI is InChI=1S/C31H44N4O8S/c1-21(32-27(36)19-35-13-15-44(40,41)16-14-35)29(38)34-26(18-23-9-11-24(42-3)12-10-23)30(39)33-25(28(37)31(2)20-43-31)17-22-7-5-4-6-8-22/h7,9-12,21,25-26H,4-6,8,13-20H2,1-3H3,(H,32,36)(H,33,39)(H,34,38). The second-order valence-corrected chi connectivity index (χ2v) is 14.4. The highest BCUT2D eigenvalue weighted by Gasteiger charge is 2.50. The number of amides is 3. The number of nitrogens with zero attached hydrogens (tertiary/aromatic N) is 1. The molecule has 4 unspecified atom stereocenters. The molecule has 0 radical (unpaired) electrons. The Balaban J connectivity index is 1.44. The van der Waals surface area contributed by atoms with Crippen molar-refractivity contribution in [2.75, 3.05) is 44.9 Å². The van der Waals surface area contributed by atoms with Gasteiger partial charge < -0.3 is 25.4 Å². The van der Waals surface area contributed by atoms with Crippen LogP contribution in [0.4, 0.5) is 0 Å². The number of Topliss-reactive ketones (excluding diaryl/α,β-unsaturated/α-hetero) is 1. The Bertz CT molecular complexity index is 1340. The first kappa shape index (κ1) is 33.6. The van der Waals surface area contributed by atoms with Crippen LogP contribution in [0.15, 0.2) is 35.9 Å². The van der Waals surface area contributed by atoms with Gasteiger partial charge in [0.15, 0.2) is 15.6 Å². The number of carbonyl (C=O) groups is 4. The minimum absolute atomic E-state index is 0.00940. The van der Waals surface area contributed by atoms with Gasteiger partial charge in [-0.25, -0.2) is 8.42 Å². The molecule has 12 nitrogen and oxygen atoms in total. The summed E-state index contributed by atoms with van der Waals surface area (Å²) in [5.41, 5.74) is 0.954. The molecule has 0 spiro atoms. The lowest BCUT2D eigenvalue weighted by Gasteiger charge is -2.27. The molecule has 3 N–H and O–H groups in total. The monoisotopic (exact) mass is 632 g/mol. The molecular weight excluding hydrogens is 588 g/mol. The molecule has 3 amide bonds. The summed E-state index contributed by atoms with van der Waals surface area (Å²) < 4.78 is 34.0. The molecule has 13 heteroatoms. The summed E-state index contributed by atoms with van der Waals surface area (Å²) in [4.78, 5) is 54.8. The molecule has 4 atom stereocenters. The van der Waals surface area contributed by atoms with E-state index in [1.54, 1.807) is 43.2 Å². The van der Waals surface area contributed by atoms with Crippen LogP contribution in [0.3, 0.4) is 0 Å². The van der Waals surface area contributed by atoms with Gasteiger partial charge in [0.05, 0.1) is 37.8 Å². The van der Waals surface area contributed by atoms with E-state index in [2.05, 4.69) is 22.0 Å². The average Bonchev–Trinajstić information content (AvgIpc) is 3.76. The molecule has 2 aliphatic heterocycles. The van der Waals surface area contributed by atoms with Crippen molar-refractivity contribution in [3.8, 4) is 5.75 Å². The molecule has 1 aromatic rings. The van der Waals surface area contributed by atoms with Crippen LogP contribution in [0.25, 0.3) is 0 Å². The van der Waals surface area contributed by atoms with Crippen LogP contribution >= 0.6 is 0 Å². The van der Waals surface area contributed by atoms with E-state index in [-0.39, 0.29) is 43.3 Å². The Kier molecular flexibility index (Phi) is 11.2. The predicted molar refractivity (Wildman–Crippen MR) is 164 cm³/mol. The van der Waals surface area contributed by atoms with E-state index < -0.39 is 51.3 Å². The third-order valence-corrected chi connectivity index (χ3v) is 10.00. The quantitative estimate of drug-likeness (QED) is 0.198. The molecule has 4 rings (SSSR count). The van der Waals surface area contributed by atoms with Crippen LogP contribution in [0, 0.1) is 0 Å². The van der Waals surface area contributed by atoms with E-state index in [9.17, 15) is 27.6 Å². The molecule has 0 saturated carbocycles. The van der Waals surface area contributed by atoms with Crippen molar-refractivity contribution in [3.05, 3.63) is 41.5 Å². The van der Waals surface area contributed by atoms with Gasteiger partial charge in [0.2, 0.25) is 17.7 Å². The maximum absolute atomic E-state index is 13.8. The summed E-state index contributed by atoms with van der Waals surface area (Å²) >= 11 is 0. The molecule has 242 valence electrons. The van der Waals surface area contributed by atoms with E-state index in [0.29, 0.717) is 18.8 Å². The van der Waals surface area contributed by atoms with Crippen LogP contribution in [0.5, 0.6) is 5.75 Å². The van der Waals surface area contributed by atoms with Gasteiger partial charge in [-0.1, -0.05) is 23.8 Å².